The third kappa shape index (κ3) is 1.83. The van der Waals surface area contributed by atoms with Crippen molar-refractivity contribution in [1.29, 1.82) is 0 Å². The molecule has 0 unspecified atom stereocenters. The highest BCUT2D eigenvalue weighted by Crippen LogP contribution is 2.23. The Morgan fingerprint density at radius 2 is 2.05 bits per heavy atom. The van der Waals surface area contributed by atoms with Gasteiger partial charge in [-0.05, 0) is 36.2 Å². The normalized spacial score (nSPS) is 11.1. The van der Waals surface area contributed by atoms with Gasteiger partial charge < -0.3 is 4.98 Å². The van der Waals surface area contributed by atoms with Crippen LogP contribution in [0.15, 0.2) is 35.3 Å². The molecular formula is C14H12FN3O. The fraction of sp³-hybridized carbons (Fsp3) is 0.143. The zero-order valence-electron chi connectivity index (χ0n) is 10.6. The number of H-pyrrole nitrogens is 1. The van der Waals surface area contributed by atoms with E-state index in [9.17, 15) is 9.18 Å². The van der Waals surface area contributed by atoms with E-state index in [0.29, 0.717) is 16.7 Å². The average molecular weight is 257 g/mol. The number of nitrogens with one attached hydrogen (secondary N) is 1. The van der Waals surface area contributed by atoms with E-state index in [1.54, 1.807) is 32.3 Å². The minimum Gasteiger partial charge on any atom is -0.304 e. The number of aryl methyl sites for hydroxylation is 2. The van der Waals surface area contributed by atoms with Gasteiger partial charge in [0.1, 0.15) is 5.82 Å². The van der Waals surface area contributed by atoms with Crippen LogP contribution in [0.4, 0.5) is 4.39 Å². The number of fused-ring (bicyclic) bond motifs is 1. The summed E-state index contributed by atoms with van der Waals surface area (Å²) in [5.41, 5.74) is 3.38. The number of aromatic amines is 1. The molecule has 2 aromatic heterocycles. The van der Waals surface area contributed by atoms with Gasteiger partial charge in [0.15, 0.2) is 5.65 Å². The van der Waals surface area contributed by atoms with E-state index >= 15 is 0 Å². The van der Waals surface area contributed by atoms with Crippen molar-refractivity contribution >= 4 is 11.2 Å². The van der Waals surface area contributed by atoms with Gasteiger partial charge in [0, 0.05) is 18.8 Å². The van der Waals surface area contributed by atoms with Gasteiger partial charge >= 0.3 is 5.69 Å². The zero-order valence-corrected chi connectivity index (χ0v) is 10.6. The molecular weight excluding hydrogens is 245 g/mol. The summed E-state index contributed by atoms with van der Waals surface area (Å²) in [4.78, 5) is 18.5. The summed E-state index contributed by atoms with van der Waals surface area (Å²) in [7, 11) is 1.66. The van der Waals surface area contributed by atoms with Crippen LogP contribution in [0.1, 0.15) is 5.56 Å². The van der Waals surface area contributed by atoms with E-state index < -0.39 is 0 Å². The average Bonchev–Trinajstić information content (AvgIpc) is 2.68. The van der Waals surface area contributed by atoms with Gasteiger partial charge in [0.25, 0.3) is 0 Å². The van der Waals surface area contributed by atoms with Crippen molar-refractivity contribution in [2.45, 2.75) is 6.92 Å². The van der Waals surface area contributed by atoms with Crippen LogP contribution in [0.25, 0.3) is 22.3 Å². The van der Waals surface area contributed by atoms with Crippen LogP contribution in [0.2, 0.25) is 0 Å². The Kier molecular flexibility index (Phi) is 2.48. The van der Waals surface area contributed by atoms with E-state index in [1.165, 1.54) is 10.6 Å². The van der Waals surface area contributed by atoms with E-state index in [1.807, 2.05) is 6.07 Å². The number of imidazole rings is 1. The molecule has 0 fully saturated rings. The molecule has 3 rings (SSSR count). The van der Waals surface area contributed by atoms with Crippen LogP contribution in [-0.2, 0) is 7.05 Å². The van der Waals surface area contributed by atoms with Crippen molar-refractivity contribution < 1.29 is 4.39 Å². The number of halogens is 1. The quantitative estimate of drug-likeness (QED) is 0.727. The van der Waals surface area contributed by atoms with Crippen LogP contribution >= 0.6 is 0 Å². The fourth-order valence-electron chi connectivity index (χ4n) is 2.09. The molecule has 0 aliphatic rings. The van der Waals surface area contributed by atoms with Gasteiger partial charge in [-0.15, -0.1) is 0 Å². The Labute approximate surface area is 108 Å². The van der Waals surface area contributed by atoms with Crippen molar-refractivity contribution in [3.05, 3.63) is 52.3 Å². The third-order valence-corrected chi connectivity index (χ3v) is 3.22. The Bertz CT molecular complexity index is 832. The molecule has 0 bridgehead atoms. The van der Waals surface area contributed by atoms with Crippen molar-refractivity contribution in [3.63, 3.8) is 0 Å². The van der Waals surface area contributed by atoms with Gasteiger partial charge in [0.2, 0.25) is 0 Å². The molecule has 0 saturated heterocycles. The lowest BCUT2D eigenvalue weighted by atomic mass is 10.0. The van der Waals surface area contributed by atoms with Crippen molar-refractivity contribution in [2.75, 3.05) is 0 Å². The minimum atomic E-state index is -0.231. The monoisotopic (exact) mass is 257 g/mol. The second kappa shape index (κ2) is 4.05. The molecule has 0 amide bonds. The summed E-state index contributed by atoms with van der Waals surface area (Å²) in [6.07, 6.45) is 1.68. The molecule has 4 nitrogen and oxygen atoms in total. The molecule has 0 saturated carbocycles. The molecule has 5 heteroatoms. The number of benzene rings is 1. The summed E-state index contributed by atoms with van der Waals surface area (Å²) < 4.78 is 14.7. The van der Waals surface area contributed by atoms with Crippen LogP contribution in [0.5, 0.6) is 0 Å². The lowest BCUT2D eigenvalue weighted by Gasteiger charge is -2.04. The molecule has 1 N–H and O–H groups in total. The lowest BCUT2D eigenvalue weighted by Crippen LogP contribution is -2.12. The summed E-state index contributed by atoms with van der Waals surface area (Å²) >= 11 is 0. The first-order valence-corrected chi connectivity index (χ1v) is 5.87. The van der Waals surface area contributed by atoms with Gasteiger partial charge in [-0.25, -0.2) is 14.2 Å². The number of nitrogens with zero attached hydrogens (tertiary/aromatic N) is 2. The Balaban J connectivity index is 2.20. The number of hydrogen-bond donors (Lipinski definition) is 1. The smallest absolute Gasteiger partial charge is 0.304 e. The summed E-state index contributed by atoms with van der Waals surface area (Å²) in [6.45, 7) is 1.72. The molecule has 0 radical (unpaired) electrons. The number of pyridine rings is 1. The van der Waals surface area contributed by atoms with E-state index in [4.69, 9.17) is 0 Å². The summed E-state index contributed by atoms with van der Waals surface area (Å²) in [6, 6.07) is 6.74. The molecule has 0 aliphatic heterocycles. The van der Waals surface area contributed by atoms with Gasteiger partial charge in [0.05, 0.1) is 5.52 Å². The van der Waals surface area contributed by atoms with E-state index in [-0.39, 0.29) is 11.5 Å². The Morgan fingerprint density at radius 3 is 2.79 bits per heavy atom. The van der Waals surface area contributed by atoms with Crippen molar-refractivity contribution in [3.8, 4) is 11.1 Å². The van der Waals surface area contributed by atoms with Crippen LogP contribution in [0, 0.1) is 12.7 Å². The summed E-state index contributed by atoms with van der Waals surface area (Å²) in [5.74, 6) is -0.231. The third-order valence-electron chi connectivity index (χ3n) is 3.22. The molecule has 1 aromatic carbocycles. The van der Waals surface area contributed by atoms with Gasteiger partial charge in [-0.2, -0.15) is 0 Å². The first-order valence-electron chi connectivity index (χ1n) is 5.87. The van der Waals surface area contributed by atoms with Crippen LogP contribution < -0.4 is 5.69 Å². The van der Waals surface area contributed by atoms with Crippen LogP contribution in [0.3, 0.4) is 0 Å². The first-order chi connectivity index (χ1) is 9.06. The number of hydrogen-bond acceptors (Lipinski definition) is 2. The lowest BCUT2D eigenvalue weighted by molar-refractivity contribution is 0.619. The summed E-state index contributed by atoms with van der Waals surface area (Å²) in [5, 5.41) is 0. The molecule has 19 heavy (non-hydrogen) atoms. The number of aromatic nitrogens is 3. The van der Waals surface area contributed by atoms with Crippen LogP contribution in [-0.4, -0.2) is 14.5 Å². The minimum absolute atomic E-state index is 0.199. The largest absolute Gasteiger partial charge is 0.327 e. The standard InChI is InChI=1S/C14H12FN3O/c1-8-5-9(3-4-11(8)15)10-6-12-13(16-7-10)18(2)14(19)17-12/h3-7H,1-2H3,(H,17,19). The molecule has 0 aliphatic carbocycles. The Hall–Kier alpha value is -2.43. The van der Waals surface area contributed by atoms with E-state index in [0.717, 1.165) is 11.1 Å². The molecule has 96 valence electrons. The molecule has 0 spiro atoms. The molecule has 0 atom stereocenters. The Morgan fingerprint density at radius 1 is 1.26 bits per heavy atom. The van der Waals surface area contributed by atoms with Crippen molar-refractivity contribution in [1.82, 2.24) is 14.5 Å². The maximum absolute atomic E-state index is 13.3. The SMILES string of the molecule is Cc1cc(-c2cnc3c(c2)[nH]c(=O)n3C)ccc1F. The maximum Gasteiger partial charge on any atom is 0.327 e. The predicted octanol–water partition coefficient (Wildman–Crippen LogP) is 2.38. The molecule has 2 heterocycles. The predicted molar refractivity (Wildman–Crippen MR) is 71.5 cm³/mol. The second-order valence-corrected chi connectivity index (χ2v) is 4.55. The topological polar surface area (TPSA) is 50.7 Å². The van der Waals surface area contributed by atoms with Gasteiger partial charge in [-0.1, -0.05) is 6.07 Å². The second-order valence-electron chi connectivity index (χ2n) is 4.55. The highest BCUT2D eigenvalue weighted by Gasteiger charge is 2.07. The van der Waals surface area contributed by atoms with E-state index in [2.05, 4.69) is 9.97 Å². The first kappa shape index (κ1) is 11.6. The maximum atomic E-state index is 13.3. The zero-order chi connectivity index (χ0) is 13.6. The molecule has 3 aromatic rings. The van der Waals surface area contributed by atoms with Crippen molar-refractivity contribution in [2.24, 2.45) is 7.05 Å². The van der Waals surface area contributed by atoms with Gasteiger partial charge in [-0.3, -0.25) is 4.57 Å². The highest BCUT2D eigenvalue weighted by molar-refractivity contribution is 5.78. The highest BCUT2D eigenvalue weighted by atomic mass is 19.1. The fourth-order valence-corrected chi connectivity index (χ4v) is 2.09. The number of rotatable bonds is 1.